The first-order valence-corrected chi connectivity index (χ1v) is 8.08. The van der Waals surface area contributed by atoms with Crippen LogP contribution in [0.2, 0.25) is 5.02 Å². The number of anilines is 1. The highest BCUT2D eigenvalue weighted by atomic mass is 35.5. The Hall–Kier alpha value is -2.60. The zero-order valence-electron chi connectivity index (χ0n) is 13.2. The Balaban J connectivity index is 1.57. The third-order valence-electron chi connectivity index (χ3n) is 3.65. The molecular weight excluding hydrogens is 349 g/mol. The first-order chi connectivity index (χ1) is 12.0. The zero-order chi connectivity index (χ0) is 17.8. The van der Waals surface area contributed by atoms with Crippen molar-refractivity contribution in [2.24, 2.45) is 0 Å². The number of ketones is 1. The van der Waals surface area contributed by atoms with Gasteiger partial charge in [0.1, 0.15) is 19.0 Å². The molecule has 1 aliphatic heterocycles. The average molecular weight is 364 g/mol. The number of amides is 1. The molecule has 130 valence electrons. The quantitative estimate of drug-likeness (QED) is 0.819. The summed E-state index contributed by atoms with van der Waals surface area (Å²) >= 11 is 5.66. The van der Waals surface area contributed by atoms with Gasteiger partial charge >= 0.3 is 0 Å². The van der Waals surface area contributed by atoms with Crippen molar-refractivity contribution in [3.05, 3.63) is 52.8 Å². The first-order valence-electron chi connectivity index (χ1n) is 7.70. The van der Waals surface area contributed by atoms with E-state index in [9.17, 15) is 14.0 Å². The lowest BCUT2D eigenvalue weighted by Crippen LogP contribution is -2.16. The summed E-state index contributed by atoms with van der Waals surface area (Å²) < 4.78 is 24.5. The minimum absolute atomic E-state index is 0.000680. The molecule has 7 heteroatoms. The summed E-state index contributed by atoms with van der Waals surface area (Å²) in [6, 6.07) is 8.86. The fourth-order valence-electron chi connectivity index (χ4n) is 2.39. The van der Waals surface area contributed by atoms with Crippen molar-refractivity contribution < 1.29 is 23.5 Å². The summed E-state index contributed by atoms with van der Waals surface area (Å²) in [6.07, 6.45) is -0.0595. The topological polar surface area (TPSA) is 64.6 Å². The van der Waals surface area contributed by atoms with Gasteiger partial charge in [-0.15, -0.1) is 0 Å². The van der Waals surface area contributed by atoms with Gasteiger partial charge in [-0.3, -0.25) is 9.59 Å². The molecular formula is C18H15ClFNO4. The molecule has 0 atom stereocenters. The van der Waals surface area contributed by atoms with Gasteiger partial charge in [-0.2, -0.15) is 0 Å². The van der Waals surface area contributed by atoms with Crippen molar-refractivity contribution in [3.8, 4) is 11.5 Å². The van der Waals surface area contributed by atoms with Crippen LogP contribution >= 0.6 is 11.6 Å². The van der Waals surface area contributed by atoms with Crippen molar-refractivity contribution in [2.75, 3.05) is 18.5 Å². The maximum Gasteiger partial charge on any atom is 0.224 e. The Morgan fingerprint density at radius 2 is 1.80 bits per heavy atom. The Kier molecular flexibility index (Phi) is 5.19. The molecule has 1 N–H and O–H groups in total. The predicted molar refractivity (Wildman–Crippen MR) is 91.0 cm³/mol. The molecule has 2 aromatic carbocycles. The molecule has 0 aromatic heterocycles. The maximum atomic E-state index is 13.6. The second-order valence-corrected chi connectivity index (χ2v) is 5.89. The van der Waals surface area contributed by atoms with Gasteiger partial charge < -0.3 is 14.8 Å². The van der Waals surface area contributed by atoms with Crippen LogP contribution in [0, 0.1) is 5.82 Å². The van der Waals surface area contributed by atoms with Gasteiger partial charge in [-0.25, -0.2) is 4.39 Å². The van der Waals surface area contributed by atoms with Crippen LogP contribution < -0.4 is 14.8 Å². The Morgan fingerprint density at radius 1 is 1.04 bits per heavy atom. The maximum absolute atomic E-state index is 13.6. The fraction of sp³-hybridized carbons (Fsp3) is 0.222. The minimum Gasteiger partial charge on any atom is -0.486 e. The van der Waals surface area contributed by atoms with Gasteiger partial charge in [0.2, 0.25) is 5.91 Å². The molecule has 0 fully saturated rings. The number of Topliss-reactive ketones (excluding diaryl/α,β-unsaturated/α-hetero) is 1. The van der Waals surface area contributed by atoms with Crippen LogP contribution in [0.15, 0.2) is 36.4 Å². The second kappa shape index (κ2) is 7.53. The van der Waals surface area contributed by atoms with E-state index in [2.05, 4.69) is 5.32 Å². The van der Waals surface area contributed by atoms with Gasteiger partial charge in [-0.1, -0.05) is 11.6 Å². The molecule has 0 spiro atoms. The van der Waals surface area contributed by atoms with E-state index in [-0.39, 0.29) is 29.3 Å². The molecule has 0 aliphatic carbocycles. The molecule has 2 aromatic rings. The van der Waals surface area contributed by atoms with Crippen LogP contribution in [0.3, 0.4) is 0 Å². The second-order valence-electron chi connectivity index (χ2n) is 5.45. The van der Waals surface area contributed by atoms with E-state index < -0.39 is 11.7 Å². The lowest BCUT2D eigenvalue weighted by atomic mass is 10.1. The van der Waals surface area contributed by atoms with E-state index in [4.69, 9.17) is 21.1 Å². The van der Waals surface area contributed by atoms with Crippen molar-refractivity contribution in [1.29, 1.82) is 0 Å². The Morgan fingerprint density at radius 3 is 2.56 bits per heavy atom. The number of hydrogen-bond acceptors (Lipinski definition) is 4. The standard InChI is InChI=1S/C18H15ClFNO4/c19-12-2-3-14(13(20)10-12)21-18(23)6-4-15(22)11-1-5-16-17(9-11)25-8-7-24-16/h1-3,5,9-10H,4,6-8H2,(H,21,23). The van der Waals surface area contributed by atoms with E-state index >= 15 is 0 Å². The summed E-state index contributed by atoms with van der Waals surface area (Å²) in [5.41, 5.74) is 0.468. The number of fused-ring (bicyclic) bond motifs is 1. The van der Waals surface area contributed by atoms with Crippen molar-refractivity contribution in [1.82, 2.24) is 0 Å². The highest BCUT2D eigenvalue weighted by Crippen LogP contribution is 2.31. The third-order valence-corrected chi connectivity index (χ3v) is 3.88. The fourth-order valence-corrected chi connectivity index (χ4v) is 2.55. The summed E-state index contributed by atoms with van der Waals surface area (Å²) in [5.74, 6) is -0.168. The molecule has 0 saturated heterocycles. The lowest BCUT2D eigenvalue weighted by Gasteiger charge is -2.18. The summed E-state index contributed by atoms with van der Waals surface area (Å²) in [6.45, 7) is 0.904. The van der Waals surface area contributed by atoms with Crippen LogP contribution in [0.1, 0.15) is 23.2 Å². The normalized spacial score (nSPS) is 12.6. The van der Waals surface area contributed by atoms with E-state index in [1.54, 1.807) is 18.2 Å². The van der Waals surface area contributed by atoms with Crippen LogP contribution in [0.4, 0.5) is 10.1 Å². The number of nitrogens with one attached hydrogen (secondary N) is 1. The van der Waals surface area contributed by atoms with Crippen LogP contribution in [-0.2, 0) is 4.79 Å². The summed E-state index contributed by atoms with van der Waals surface area (Å²) in [4.78, 5) is 24.1. The van der Waals surface area contributed by atoms with E-state index in [0.717, 1.165) is 6.07 Å². The van der Waals surface area contributed by atoms with Crippen LogP contribution in [0.5, 0.6) is 11.5 Å². The largest absolute Gasteiger partial charge is 0.486 e. The van der Waals surface area contributed by atoms with Crippen LogP contribution in [-0.4, -0.2) is 24.9 Å². The van der Waals surface area contributed by atoms with Crippen LogP contribution in [0.25, 0.3) is 0 Å². The SMILES string of the molecule is O=C(CCC(=O)c1ccc2c(c1)OCCO2)Nc1ccc(Cl)cc1F. The van der Waals surface area contributed by atoms with Crippen molar-refractivity contribution in [2.45, 2.75) is 12.8 Å². The molecule has 0 bridgehead atoms. The minimum atomic E-state index is -0.626. The van der Waals surface area contributed by atoms with E-state index in [1.807, 2.05) is 0 Å². The molecule has 25 heavy (non-hydrogen) atoms. The van der Waals surface area contributed by atoms with Crippen molar-refractivity contribution in [3.63, 3.8) is 0 Å². The average Bonchev–Trinajstić information content (AvgIpc) is 2.61. The van der Waals surface area contributed by atoms with Gasteiger partial charge in [-0.05, 0) is 36.4 Å². The third kappa shape index (κ3) is 4.28. The first kappa shape index (κ1) is 17.2. The number of carbonyl (C=O) groups excluding carboxylic acids is 2. The summed E-state index contributed by atoms with van der Waals surface area (Å²) in [7, 11) is 0. The van der Waals surface area contributed by atoms with Crippen molar-refractivity contribution >= 4 is 29.0 Å². The summed E-state index contributed by atoms with van der Waals surface area (Å²) in [5, 5.41) is 2.66. The number of benzene rings is 2. The smallest absolute Gasteiger partial charge is 0.224 e. The highest BCUT2D eigenvalue weighted by molar-refractivity contribution is 6.30. The molecule has 1 amide bonds. The number of rotatable bonds is 5. The lowest BCUT2D eigenvalue weighted by molar-refractivity contribution is -0.116. The Labute approximate surface area is 148 Å². The molecule has 5 nitrogen and oxygen atoms in total. The molecule has 1 heterocycles. The van der Waals surface area contributed by atoms with Gasteiger partial charge in [0.15, 0.2) is 17.3 Å². The van der Waals surface area contributed by atoms with Gasteiger partial charge in [0.25, 0.3) is 0 Å². The van der Waals surface area contributed by atoms with E-state index in [1.165, 1.54) is 12.1 Å². The molecule has 0 radical (unpaired) electrons. The van der Waals surface area contributed by atoms with Gasteiger partial charge in [0, 0.05) is 23.4 Å². The molecule has 1 aliphatic rings. The van der Waals surface area contributed by atoms with Gasteiger partial charge in [0.05, 0.1) is 5.69 Å². The highest BCUT2D eigenvalue weighted by Gasteiger charge is 2.16. The predicted octanol–water partition coefficient (Wildman–Crippen LogP) is 3.85. The number of halogens is 2. The number of hydrogen-bond donors (Lipinski definition) is 1. The Bertz CT molecular complexity index is 825. The number of carbonyl (C=O) groups is 2. The molecule has 0 saturated carbocycles. The molecule has 3 rings (SSSR count). The zero-order valence-corrected chi connectivity index (χ0v) is 13.9. The molecule has 0 unspecified atom stereocenters. The monoisotopic (exact) mass is 363 g/mol. The van der Waals surface area contributed by atoms with E-state index in [0.29, 0.717) is 30.3 Å². The number of ether oxygens (including phenoxy) is 2.